The van der Waals surface area contributed by atoms with Gasteiger partial charge in [-0.3, -0.25) is 4.79 Å². The van der Waals surface area contributed by atoms with Gasteiger partial charge < -0.3 is 10.1 Å². The number of ether oxygens (including phenoxy) is 1. The Balaban J connectivity index is 2.60. The van der Waals surface area contributed by atoms with Crippen molar-refractivity contribution in [3.8, 4) is 11.8 Å². The second-order valence-corrected chi connectivity index (χ2v) is 5.62. The van der Waals surface area contributed by atoms with Crippen molar-refractivity contribution in [2.75, 3.05) is 6.61 Å². The van der Waals surface area contributed by atoms with Crippen LogP contribution in [0.4, 0.5) is 0 Å². The van der Waals surface area contributed by atoms with Crippen molar-refractivity contribution in [3.63, 3.8) is 0 Å². The smallest absolute Gasteiger partial charge is 0.259 e. The SMILES string of the molecule is Cc1cc(OCC(=O)NC(C)(C#N)C(C)C)ccc1Cl. The molecule has 0 spiro atoms. The second kappa shape index (κ2) is 6.62. The molecule has 0 saturated carbocycles. The Morgan fingerprint density at radius 2 is 2.20 bits per heavy atom. The quantitative estimate of drug-likeness (QED) is 0.908. The van der Waals surface area contributed by atoms with Crippen molar-refractivity contribution in [1.29, 1.82) is 5.26 Å². The molecule has 20 heavy (non-hydrogen) atoms. The zero-order valence-corrected chi connectivity index (χ0v) is 12.9. The molecule has 0 fully saturated rings. The molecule has 0 aliphatic heterocycles. The average Bonchev–Trinajstić information content (AvgIpc) is 2.39. The van der Waals surface area contributed by atoms with Gasteiger partial charge in [0.2, 0.25) is 0 Å². The number of nitriles is 1. The van der Waals surface area contributed by atoms with Crippen LogP contribution < -0.4 is 10.1 Å². The van der Waals surface area contributed by atoms with Crippen LogP contribution in [0, 0.1) is 24.2 Å². The molecule has 0 saturated heterocycles. The summed E-state index contributed by atoms with van der Waals surface area (Å²) in [5.41, 5.74) is -0.00952. The number of amides is 1. The summed E-state index contributed by atoms with van der Waals surface area (Å²) in [7, 11) is 0. The lowest BCUT2D eigenvalue weighted by molar-refractivity contribution is -0.124. The van der Waals surface area contributed by atoms with E-state index in [4.69, 9.17) is 21.6 Å². The monoisotopic (exact) mass is 294 g/mol. The van der Waals surface area contributed by atoms with E-state index >= 15 is 0 Å². The summed E-state index contributed by atoms with van der Waals surface area (Å²) >= 11 is 5.91. The van der Waals surface area contributed by atoms with Gasteiger partial charge in [0.25, 0.3) is 5.91 Å². The summed E-state index contributed by atoms with van der Waals surface area (Å²) in [6, 6.07) is 7.31. The number of rotatable bonds is 5. The molecule has 1 rings (SSSR count). The molecule has 1 aromatic carbocycles. The van der Waals surface area contributed by atoms with Gasteiger partial charge in [-0.1, -0.05) is 25.4 Å². The standard InChI is InChI=1S/C15H19ClN2O2/c1-10(2)15(4,9-17)18-14(19)8-20-12-5-6-13(16)11(3)7-12/h5-7,10H,8H2,1-4H3,(H,18,19). The predicted molar refractivity (Wildman–Crippen MR) is 78.7 cm³/mol. The van der Waals surface area contributed by atoms with Crippen LogP contribution in [0.25, 0.3) is 0 Å². The number of hydrogen-bond donors (Lipinski definition) is 1. The van der Waals surface area contributed by atoms with E-state index in [1.807, 2.05) is 20.8 Å². The fraction of sp³-hybridized carbons (Fsp3) is 0.467. The van der Waals surface area contributed by atoms with E-state index in [-0.39, 0.29) is 18.4 Å². The zero-order chi connectivity index (χ0) is 15.3. The molecular formula is C15H19ClN2O2. The number of carbonyl (C=O) groups is 1. The molecule has 1 N–H and O–H groups in total. The van der Waals surface area contributed by atoms with E-state index in [0.29, 0.717) is 10.8 Å². The average molecular weight is 295 g/mol. The van der Waals surface area contributed by atoms with Gasteiger partial charge in [-0.2, -0.15) is 5.26 Å². The van der Waals surface area contributed by atoms with E-state index in [1.165, 1.54) is 0 Å². The maximum Gasteiger partial charge on any atom is 0.259 e. The molecule has 1 aromatic rings. The third-order valence-electron chi connectivity index (χ3n) is 3.29. The number of benzene rings is 1. The third-order valence-corrected chi connectivity index (χ3v) is 3.71. The fourth-order valence-corrected chi connectivity index (χ4v) is 1.60. The second-order valence-electron chi connectivity index (χ2n) is 5.22. The maximum absolute atomic E-state index is 11.8. The molecule has 1 amide bonds. The molecule has 1 unspecified atom stereocenters. The van der Waals surface area contributed by atoms with Crippen LogP contribution in [0.15, 0.2) is 18.2 Å². The summed E-state index contributed by atoms with van der Waals surface area (Å²) in [4.78, 5) is 11.8. The number of halogens is 1. The molecule has 0 bridgehead atoms. The van der Waals surface area contributed by atoms with Crippen LogP contribution in [-0.4, -0.2) is 18.1 Å². The van der Waals surface area contributed by atoms with Crippen LogP contribution in [0.1, 0.15) is 26.3 Å². The minimum absolute atomic E-state index is 0.00854. The van der Waals surface area contributed by atoms with Crippen molar-refractivity contribution >= 4 is 17.5 Å². The first-order valence-corrected chi connectivity index (χ1v) is 6.77. The van der Waals surface area contributed by atoms with Crippen LogP contribution in [0.5, 0.6) is 5.75 Å². The fourth-order valence-electron chi connectivity index (χ4n) is 1.48. The van der Waals surface area contributed by atoms with Gasteiger partial charge in [0.05, 0.1) is 6.07 Å². The molecule has 4 nitrogen and oxygen atoms in total. The van der Waals surface area contributed by atoms with Gasteiger partial charge in [-0.15, -0.1) is 0 Å². The Bertz CT molecular complexity index is 537. The Morgan fingerprint density at radius 1 is 1.55 bits per heavy atom. The molecule has 0 heterocycles. The molecule has 0 radical (unpaired) electrons. The van der Waals surface area contributed by atoms with E-state index in [9.17, 15) is 4.79 Å². The predicted octanol–water partition coefficient (Wildman–Crippen LogP) is 3.08. The van der Waals surface area contributed by atoms with E-state index in [1.54, 1.807) is 25.1 Å². The van der Waals surface area contributed by atoms with Gasteiger partial charge in [-0.05, 0) is 43.5 Å². The molecule has 0 aliphatic rings. The molecule has 0 aliphatic carbocycles. The highest BCUT2D eigenvalue weighted by Gasteiger charge is 2.29. The topological polar surface area (TPSA) is 62.1 Å². The maximum atomic E-state index is 11.8. The van der Waals surface area contributed by atoms with Gasteiger partial charge in [0.1, 0.15) is 11.3 Å². The summed E-state index contributed by atoms with van der Waals surface area (Å²) in [5.74, 6) is 0.259. The molecule has 0 aromatic heterocycles. The number of hydrogen-bond acceptors (Lipinski definition) is 3. The lowest BCUT2D eigenvalue weighted by Gasteiger charge is -2.27. The Labute approximate surface area is 124 Å². The van der Waals surface area contributed by atoms with Crippen LogP contribution >= 0.6 is 11.6 Å². The van der Waals surface area contributed by atoms with Crippen molar-refractivity contribution < 1.29 is 9.53 Å². The summed E-state index contributed by atoms with van der Waals surface area (Å²) < 4.78 is 5.39. The normalized spacial score (nSPS) is 13.4. The Morgan fingerprint density at radius 3 is 2.70 bits per heavy atom. The van der Waals surface area contributed by atoms with Gasteiger partial charge in [-0.25, -0.2) is 0 Å². The number of nitrogens with one attached hydrogen (secondary N) is 1. The largest absolute Gasteiger partial charge is 0.484 e. The van der Waals surface area contributed by atoms with Crippen molar-refractivity contribution in [1.82, 2.24) is 5.32 Å². The first-order chi connectivity index (χ1) is 9.28. The highest BCUT2D eigenvalue weighted by molar-refractivity contribution is 6.31. The number of nitrogens with zero attached hydrogens (tertiary/aromatic N) is 1. The molecule has 108 valence electrons. The minimum Gasteiger partial charge on any atom is -0.484 e. The summed E-state index contributed by atoms with van der Waals surface area (Å²) in [6.45, 7) is 7.19. The number of carbonyl (C=O) groups excluding carboxylic acids is 1. The van der Waals surface area contributed by atoms with Gasteiger partial charge in [0.15, 0.2) is 6.61 Å². The molecule has 1 atom stereocenters. The minimum atomic E-state index is -0.893. The number of aryl methyl sites for hydroxylation is 1. The Kier molecular flexibility index (Phi) is 5.41. The van der Waals surface area contributed by atoms with E-state index in [0.717, 1.165) is 5.56 Å². The van der Waals surface area contributed by atoms with Crippen LogP contribution in [-0.2, 0) is 4.79 Å². The molecule has 5 heteroatoms. The van der Waals surface area contributed by atoms with E-state index in [2.05, 4.69) is 11.4 Å². The highest BCUT2D eigenvalue weighted by atomic mass is 35.5. The van der Waals surface area contributed by atoms with E-state index < -0.39 is 5.54 Å². The van der Waals surface area contributed by atoms with Gasteiger partial charge in [0, 0.05) is 5.02 Å². The first kappa shape index (κ1) is 16.3. The summed E-state index contributed by atoms with van der Waals surface area (Å²) in [5, 5.41) is 12.5. The third kappa shape index (κ3) is 4.14. The van der Waals surface area contributed by atoms with Crippen molar-refractivity contribution in [2.24, 2.45) is 5.92 Å². The Hall–Kier alpha value is -1.73. The summed E-state index contributed by atoms with van der Waals surface area (Å²) in [6.07, 6.45) is 0. The van der Waals surface area contributed by atoms with Crippen LogP contribution in [0.3, 0.4) is 0 Å². The van der Waals surface area contributed by atoms with Crippen LogP contribution in [0.2, 0.25) is 5.02 Å². The lowest BCUT2D eigenvalue weighted by Crippen LogP contribution is -2.50. The molecular weight excluding hydrogens is 276 g/mol. The van der Waals surface area contributed by atoms with Gasteiger partial charge >= 0.3 is 0 Å². The van der Waals surface area contributed by atoms with Crippen molar-refractivity contribution in [3.05, 3.63) is 28.8 Å². The lowest BCUT2D eigenvalue weighted by atomic mass is 9.90. The zero-order valence-electron chi connectivity index (χ0n) is 12.2. The first-order valence-electron chi connectivity index (χ1n) is 6.39. The highest BCUT2D eigenvalue weighted by Crippen LogP contribution is 2.21. The van der Waals surface area contributed by atoms with Crippen molar-refractivity contribution in [2.45, 2.75) is 33.2 Å².